The van der Waals surface area contributed by atoms with Gasteiger partial charge in [0.15, 0.2) is 17.3 Å². The second kappa shape index (κ2) is 8.63. The first kappa shape index (κ1) is 21.2. The molecule has 0 aliphatic heterocycles. The van der Waals surface area contributed by atoms with Gasteiger partial charge in [0.2, 0.25) is 5.75 Å². The molecule has 1 aromatic heterocycles. The molecule has 4 rings (SSSR count). The van der Waals surface area contributed by atoms with Gasteiger partial charge >= 0.3 is 0 Å². The lowest BCUT2D eigenvalue weighted by Crippen LogP contribution is -2.13. The Bertz CT molecular complexity index is 1260. The molecule has 32 heavy (non-hydrogen) atoms. The van der Waals surface area contributed by atoms with Crippen LogP contribution < -0.4 is 19.5 Å². The molecule has 0 spiro atoms. The molecule has 0 radical (unpaired) electrons. The van der Waals surface area contributed by atoms with E-state index < -0.39 is 0 Å². The average Bonchev–Trinajstić information content (AvgIpc) is 3.19. The van der Waals surface area contributed by atoms with Crippen molar-refractivity contribution in [1.29, 1.82) is 0 Å². The highest BCUT2D eigenvalue weighted by Gasteiger charge is 2.18. The SMILES string of the molecule is COc1cc(C(=O)Nc2n[nH]c3cc(-c4cc(C)cc(C)c4)ccc23)cc(OC)c1OC. The average molecular weight is 431 g/mol. The number of amides is 1. The van der Waals surface area contributed by atoms with Gasteiger partial charge in [-0.3, -0.25) is 9.89 Å². The van der Waals surface area contributed by atoms with Gasteiger partial charge in [0, 0.05) is 10.9 Å². The molecule has 0 bridgehead atoms. The molecule has 4 aromatic rings. The predicted octanol–water partition coefficient (Wildman–Crippen LogP) is 5.12. The maximum absolute atomic E-state index is 12.9. The standard InChI is InChI=1S/C25H25N3O4/c1-14-8-15(2)10-17(9-14)16-6-7-19-20(11-16)27-28-24(19)26-25(29)18-12-21(30-3)23(32-5)22(13-18)31-4/h6-13H,1-5H3,(H2,26,27,28,29). The number of anilines is 1. The molecular weight excluding hydrogens is 406 g/mol. The number of nitrogens with one attached hydrogen (secondary N) is 2. The van der Waals surface area contributed by atoms with E-state index in [2.05, 4.69) is 47.6 Å². The van der Waals surface area contributed by atoms with E-state index in [1.807, 2.05) is 18.2 Å². The topological polar surface area (TPSA) is 85.5 Å². The van der Waals surface area contributed by atoms with Crippen molar-refractivity contribution in [3.8, 4) is 28.4 Å². The number of ether oxygens (including phenoxy) is 3. The molecule has 0 atom stereocenters. The number of nitrogens with zero attached hydrogens (tertiary/aromatic N) is 1. The van der Waals surface area contributed by atoms with Crippen molar-refractivity contribution in [3.63, 3.8) is 0 Å². The summed E-state index contributed by atoms with van der Waals surface area (Å²) in [4.78, 5) is 12.9. The van der Waals surface area contributed by atoms with Crippen molar-refractivity contribution in [2.45, 2.75) is 13.8 Å². The molecule has 0 unspecified atom stereocenters. The minimum Gasteiger partial charge on any atom is -0.493 e. The van der Waals surface area contributed by atoms with Gasteiger partial charge < -0.3 is 19.5 Å². The fourth-order valence-electron chi connectivity index (χ4n) is 3.83. The van der Waals surface area contributed by atoms with Gasteiger partial charge in [0.05, 0.1) is 26.8 Å². The first-order valence-electron chi connectivity index (χ1n) is 10.1. The van der Waals surface area contributed by atoms with Gasteiger partial charge in [-0.05, 0) is 49.2 Å². The number of hydrogen-bond acceptors (Lipinski definition) is 5. The first-order valence-corrected chi connectivity index (χ1v) is 10.1. The lowest BCUT2D eigenvalue weighted by Gasteiger charge is -2.13. The molecule has 7 heteroatoms. The number of aryl methyl sites for hydroxylation is 2. The molecule has 2 N–H and O–H groups in total. The van der Waals surface area contributed by atoms with Gasteiger partial charge in [0.25, 0.3) is 5.91 Å². The van der Waals surface area contributed by atoms with Crippen LogP contribution in [0.3, 0.4) is 0 Å². The minimum atomic E-state index is -0.337. The van der Waals surface area contributed by atoms with Gasteiger partial charge in [-0.2, -0.15) is 5.10 Å². The third-order valence-corrected chi connectivity index (χ3v) is 5.28. The van der Waals surface area contributed by atoms with Crippen LogP contribution in [-0.2, 0) is 0 Å². The van der Waals surface area contributed by atoms with Crippen molar-refractivity contribution < 1.29 is 19.0 Å². The van der Waals surface area contributed by atoms with E-state index in [1.54, 1.807) is 12.1 Å². The number of hydrogen-bond donors (Lipinski definition) is 2. The highest BCUT2D eigenvalue weighted by atomic mass is 16.5. The molecule has 0 saturated heterocycles. The summed E-state index contributed by atoms with van der Waals surface area (Å²) in [6.45, 7) is 4.17. The smallest absolute Gasteiger partial charge is 0.257 e. The van der Waals surface area contributed by atoms with Crippen molar-refractivity contribution in [1.82, 2.24) is 10.2 Å². The molecular formula is C25H25N3O4. The Morgan fingerprint density at radius 2 is 1.50 bits per heavy atom. The third kappa shape index (κ3) is 3.97. The summed E-state index contributed by atoms with van der Waals surface area (Å²) in [5.41, 5.74) is 5.84. The van der Waals surface area contributed by atoms with Gasteiger partial charge in [-0.1, -0.05) is 35.4 Å². The lowest BCUT2D eigenvalue weighted by atomic mass is 10.00. The maximum Gasteiger partial charge on any atom is 0.257 e. The highest BCUT2D eigenvalue weighted by Crippen LogP contribution is 2.38. The van der Waals surface area contributed by atoms with E-state index in [9.17, 15) is 4.79 Å². The van der Waals surface area contributed by atoms with Crippen LogP contribution in [0.4, 0.5) is 5.82 Å². The van der Waals surface area contributed by atoms with Gasteiger partial charge in [-0.15, -0.1) is 0 Å². The van der Waals surface area contributed by atoms with Crippen LogP contribution >= 0.6 is 0 Å². The second-order valence-electron chi connectivity index (χ2n) is 7.58. The molecule has 1 heterocycles. The molecule has 1 amide bonds. The van der Waals surface area contributed by atoms with Gasteiger partial charge in [-0.25, -0.2) is 0 Å². The Balaban J connectivity index is 1.64. The molecule has 0 saturated carbocycles. The zero-order valence-electron chi connectivity index (χ0n) is 18.7. The van der Waals surface area contributed by atoms with E-state index in [4.69, 9.17) is 14.2 Å². The number of benzene rings is 3. The van der Waals surface area contributed by atoms with E-state index in [1.165, 1.54) is 32.5 Å². The van der Waals surface area contributed by atoms with Crippen LogP contribution in [0.2, 0.25) is 0 Å². The third-order valence-electron chi connectivity index (χ3n) is 5.28. The summed E-state index contributed by atoms with van der Waals surface area (Å²) in [5.74, 6) is 1.35. The second-order valence-corrected chi connectivity index (χ2v) is 7.58. The summed E-state index contributed by atoms with van der Waals surface area (Å²) in [6, 6.07) is 15.7. The predicted molar refractivity (Wildman–Crippen MR) is 125 cm³/mol. The number of carbonyl (C=O) groups is 1. The number of rotatable bonds is 6. The fraction of sp³-hybridized carbons (Fsp3) is 0.200. The number of carbonyl (C=O) groups excluding carboxylic acids is 1. The fourth-order valence-corrected chi connectivity index (χ4v) is 3.83. The van der Waals surface area contributed by atoms with Crippen LogP contribution in [0.25, 0.3) is 22.0 Å². The largest absolute Gasteiger partial charge is 0.493 e. The van der Waals surface area contributed by atoms with Crippen LogP contribution in [0.1, 0.15) is 21.5 Å². The Labute approximate surface area is 186 Å². The minimum absolute atomic E-state index is 0.337. The monoisotopic (exact) mass is 431 g/mol. The molecule has 0 aliphatic rings. The number of aromatic amines is 1. The van der Waals surface area contributed by atoms with Crippen molar-refractivity contribution in [2.75, 3.05) is 26.6 Å². The first-order chi connectivity index (χ1) is 15.4. The van der Waals surface area contributed by atoms with E-state index in [0.717, 1.165) is 22.0 Å². The summed E-state index contributed by atoms with van der Waals surface area (Å²) < 4.78 is 16.0. The summed E-state index contributed by atoms with van der Waals surface area (Å²) >= 11 is 0. The van der Waals surface area contributed by atoms with E-state index in [0.29, 0.717) is 28.6 Å². The van der Waals surface area contributed by atoms with Gasteiger partial charge in [0.1, 0.15) is 0 Å². The lowest BCUT2D eigenvalue weighted by molar-refractivity contribution is 0.102. The highest BCUT2D eigenvalue weighted by molar-refractivity contribution is 6.08. The maximum atomic E-state index is 12.9. The van der Waals surface area contributed by atoms with Crippen molar-refractivity contribution in [2.24, 2.45) is 0 Å². The zero-order valence-corrected chi connectivity index (χ0v) is 18.7. The van der Waals surface area contributed by atoms with Crippen molar-refractivity contribution in [3.05, 3.63) is 65.2 Å². The molecule has 164 valence electrons. The van der Waals surface area contributed by atoms with Crippen LogP contribution in [0.15, 0.2) is 48.5 Å². The molecule has 0 fully saturated rings. The number of fused-ring (bicyclic) bond motifs is 1. The molecule has 7 nitrogen and oxygen atoms in total. The van der Waals surface area contributed by atoms with E-state index in [-0.39, 0.29) is 5.91 Å². The Morgan fingerprint density at radius 1 is 0.844 bits per heavy atom. The van der Waals surface area contributed by atoms with Crippen LogP contribution in [0.5, 0.6) is 17.2 Å². The van der Waals surface area contributed by atoms with E-state index >= 15 is 0 Å². The van der Waals surface area contributed by atoms with Crippen LogP contribution in [0, 0.1) is 13.8 Å². The number of aromatic nitrogens is 2. The Morgan fingerprint density at radius 3 is 2.09 bits per heavy atom. The molecule has 3 aromatic carbocycles. The molecule has 0 aliphatic carbocycles. The Hall–Kier alpha value is -4.00. The van der Waals surface area contributed by atoms with Crippen LogP contribution in [-0.4, -0.2) is 37.4 Å². The van der Waals surface area contributed by atoms with Crippen molar-refractivity contribution >= 4 is 22.6 Å². The number of H-pyrrole nitrogens is 1. The summed E-state index contributed by atoms with van der Waals surface area (Å²) in [5, 5.41) is 11.0. The zero-order chi connectivity index (χ0) is 22.8. The quantitative estimate of drug-likeness (QED) is 0.442. The Kier molecular flexibility index (Phi) is 5.73. The normalized spacial score (nSPS) is 10.8. The summed E-state index contributed by atoms with van der Waals surface area (Å²) in [6.07, 6.45) is 0. The number of methoxy groups -OCH3 is 3. The summed E-state index contributed by atoms with van der Waals surface area (Å²) in [7, 11) is 4.53.